The average molecular weight is 765 g/mol. The standard InChI is InChI=1S/C11H12N2O2.C9H11NO2.C6H13NO2.C5H11NO2S.C5H9NO2/c12-9(11(14)15)5-7-6-13-10-4-2-1-3-8(7)10;10-8(9(11)12)6-7-4-2-1-3-5-7;1-3-4(2)5(7)6(8)9;1-9-3-2-4(6)5(7)8;7-5(8)4-2-1-3-6-4/h1-4,6,9,13H,5,12H2,(H,14,15);1-5,8H,6,10H2,(H,11,12);4-5H,3,7H2,1-2H3,(H,8,9);4H,2-3,6H2,1H3,(H,7,8);4,6H,1-3H2,(H,7,8). The molecule has 1 aromatic heterocycles. The van der Waals surface area contributed by atoms with Crippen LogP contribution in [0.1, 0.15) is 50.7 Å². The number of H-pyrrole nitrogens is 1. The minimum Gasteiger partial charge on any atom is -0.480 e. The Morgan fingerprint density at radius 2 is 1.34 bits per heavy atom. The van der Waals surface area contributed by atoms with Gasteiger partial charge in [-0.3, -0.25) is 24.0 Å². The molecule has 0 saturated carbocycles. The van der Waals surface area contributed by atoms with Gasteiger partial charge in [-0.2, -0.15) is 11.8 Å². The molecule has 16 nitrogen and oxygen atoms in total. The molecule has 3 aromatic rings. The van der Waals surface area contributed by atoms with E-state index in [1.807, 2.05) is 80.9 Å². The highest BCUT2D eigenvalue weighted by molar-refractivity contribution is 7.98. The second-order valence-electron chi connectivity index (χ2n) is 12.1. The number of aromatic nitrogens is 1. The van der Waals surface area contributed by atoms with Crippen molar-refractivity contribution in [1.29, 1.82) is 0 Å². The second-order valence-corrected chi connectivity index (χ2v) is 13.1. The van der Waals surface area contributed by atoms with Gasteiger partial charge in [0, 0.05) is 23.5 Å². The molecule has 6 unspecified atom stereocenters. The van der Waals surface area contributed by atoms with Gasteiger partial charge in [-0.05, 0) is 67.3 Å². The fourth-order valence-corrected chi connectivity index (χ4v) is 4.83. The Morgan fingerprint density at radius 3 is 1.77 bits per heavy atom. The van der Waals surface area contributed by atoms with E-state index in [0.29, 0.717) is 19.3 Å². The number of carbonyl (C=O) groups is 5. The Labute approximate surface area is 313 Å². The molecule has 2 aromatic carbocycles. The molecular weight excluding hydrogens is 708 g/mol. The first-order chi connectivity index (χ1) is 25.0. The first-order valence-corrected chi connectivity index (χ1v) is 18.3. The van der Waals surface area contributed by atoms with Crippen LogP contribution >= 0.6 is 11.8 Å². The van der Waals surface area contributed by atoms with Crippen LogP contribution in [-0.2, 0) is 36.8 Å². The lowest BCUT2D eigenvalue weighted by atomic mass is 10.0. The number of hydrogen-bond acceptors (Lipinski definition) is 11. The first kappa shape index (κ1) is 48.5. The van der Waals surface area contributed by atoms with Gasteiger partial charge in [-0.25, -0.2) is 0 Å². The summed E-state index contributed by atoms with van der Waals surface area (Å²) in [5, 5.41) is 46.1. The number of fused-ring (bicyclic) bond motifs is 1. The smallest absolute Gasteiger partial charge is 0.320 e. The summed E-state index contributed by atoms with van der Waals surface area (Å²) >= 11 is 1.60. The van der Waals surface area contributed by atoms with Crippen LogP contribution in [0.15, 0.2) is 60.8 Å². The molecule has 0 bridgehead atoms. The van der Waals surface area contributed by atoms with Gasteiger partial charge in [-0.15, -0.1) is 0 Å². The molecule has 17 heteroatoms. The summed E-state index contributed by atoms with van der Waals surface area (Å²) in [6, 6.07) is 13.8. The third-order valence-corrected chi connectivity index (χ3v) is 8.54. The zero-order valence-corrected chi connectivity index (χ0v) is 31.2. The fourth-order valence-electron chi connectivity index (χ4n) is 4.34. The number of rotatable bonds is 14. The Hall–Kier alpha value is -4.52. The van der Waals surface area contributed by atoms with E-state index in [0.717, 1.165) is 53.6 Å². The molecule has 0 aliphatic carbocycles. The van der Waals surface area contributed by atoms with Crippen LogP contribution < -0.4 is 28.3 Å². The predicted molar refractivity (Wildman–Crippen MR) is 206 cm³/mol. The van der Waals surface area contributed by atoms with E-state index in [4.69, 9.17) is 48.5 Å². The number of aromatic amines is 1. The van der Waals surface area contributed by atoms with Crippen molar-refractivity contribution in [2.75, 3.05) is 18.6 Å². The Kier molecular flexibility index (Phi) is 24.8. The zero-order chi connectivity index (χ0) is 40.5. The van der Waals surface area contributed by atoms with E-state index < -0.39 is 54.0 Å². The molecule has 6 atom stereocenters. The van der Waals surface area contributed by atoms with Crippen LogP contribution in [0, 0.1) is 5.92 Å². The number of thioether (sulfide) groups is 1. The molecule has 15 N–H and O–H groups in total. The quantitative estimate of drug-likeness (QED) is 0.112. The van der Waals surface area contributed by atoms with Gasteiger partial charge in [0.25, 0.3) is 0 Å². The number of nitrogens with one attached hydrogen (secondary N) is 2. The largest absolute Gasteiger partial charge is 0.480 e. The van der Waals surface area contributed by atoms with Crippen molar-refractivity contribution in [3.63, 3.8) is 0 Å². The monoisotopic (exact) mass is 764 g/mol. The van der Waals surface area contributed by atoms with E-state index in [2.05, 4.69) is 10.3 Å². The first-order valence-electron chi connectivity index (χ1n) is 16.9. The van der Waals surface area contributed by atoms with E-state index >= 15 is 0 Å². The molecule has 53 heavy (non-hydrogen) atoms. The molecule has 1 saturated heterocycles. The minimum atomic E-state index is -0.972. The number of carboxylic acids is 5. The molecule has 296 valence electrons. The predicted octanol–water partition coefficient (Wildman–Crippen LogP) is 2.18. The lowest BCUT2D eigenvalue weighted by Gasteiger charge is -2.11. The number of aliphatic carboxylic acids is 5. The van der Waals surface area contributed by atoms with Gasteiger partial charge >= 0.3 is 29.8 Å². The van der Waals surface area contributed by atoms with Crippen molar-refractivity contribution in [2.24, 2.45) is 28.9 Å². The number of carboxylic acid groups (broad SMARTS) is 5. The molecule has 0 amide bonds. The highest BCUT2D eigenvalue weighted by atomic mass is 32.2. The van der Waals surface area contributed by atoms with Crippen LogP contribution in [0.25, 0.3) is 10.9 Å². The number of hydrogen-bond donors (Lipinski definition) is 11. The molecule has 4 rings (SSSR count). The Bertz CT molecular complexity index is 1520. The SMILES string of the molecule is CCC(C)C(N)C(=O)O.CSCCC(N)C(=O)O.NC(Cc1c[nH]c2ccccc12)C(=O)O.NC(Cc1ccccc1)C(=O)O.O=C(O)C1CCCN1. The summed E-state index contributed by atoms with van der Waals surface area (Å²) in [6.07, 6.45) is 7.62. The fraction of sp³-hybridized carbons (Fsp3) is 0.472. The van der Waals surface area contributed by atoms with Crippen molar-refractivity contribution in [1.82, 2.24) is 10.3 Å². The molecule has 1 aliphatic rings. The highest BCUT2D eigenvalue weighted by Gasteiger charge is 2.20. The number of para-hydroxylation sites is 1. The molecular formula is C36H56N6O10S. The minimum absolute atomic E-state index is 0.0718. The van der Waals surface area contributed by atoms with E-state index in [-0.39, 0.29) is 12.0 Å². The van der Waals surface area contributed by atoms with E-state index in [1.165, 1.54) is 0 Å². The third kappa shape index (κ3) is 20.9. The number of benzene rings is 2. The normalized spacial score (nSPS) is 15.8. The maximum atomic E-state index is 10.6. The lowest BCUT2D eigenvalue weighted by molar-refractivity contribution is -0.140. The van der Waals surface area contributed by atoms with E-state index in [9.17, 15) is 24.0 Å². The summed E-state index contributed by atoms with van der Waals surface area (Å²) in [5.41, 5.74) is 24.2. The number of nitrogens with two attached hydrogens (primary N) is 4. The molecule has 2 heterocycles. The Balaban J connectivity index is 0.000000653. The summed E-state index contributed by atoms with van der Waals surface area (Å²) < 4.78 is 0. The van der Waals surface area contributed by atoms with Crippen LogP contribution in [0.2, 0.25) is 0 Å². The lowest BCUT2D eigenvalue weighted by Crippen LogP contribution is -2.36. The van der Waals surface area contributed by atoms with Crippen LogP contribution in [0.5, 0.6) is 0 Å². The maximum absolute atomic E-state index is 10.6. The second kappa shape index (κ2) is 27.1. The van der Waals surface area contributed by atoms with Gasteiger partial charge in [0.2, 0.25) is 0 Å². The summed E-state index contributed by atoms with van der Waals surface area (Å²) in [7, 11) is 0. The van der Waals surface area contributed by atoms with Gasteiger partial charge in [-0.1, -0.05) is 68.8 Å². The van der Waals surface area contributed by atoms with Gasteiger partial charge in [0.05, 0.1) is 0 Å². The molecule has 1 aliphatic heterocycles. The van der Waals surface area contributed by atoms with Crippen molar-refractivity contribution >= 4 is 52.5 Å². The average Bonchev–Trinajstić information content (AvgIpc) is 3.83. The topological polar surface area (TPSA) is 318 Å². The van der Waals surface area contributed by atoms with Gasteiger partial charge in [0.1, 0.15) is 30.2 Å². The summed E-state index contributed by atoms with van der Waals surface area (Å²) in [5.74, 6) is -3.59. The zero-order valence-electron chi connectivity index (χ0n) is 30.4. The van der Waals surface area contributed by atoms with Crippen LogP contribution in [0.4, 0.5) is 0 Å². The van der Waals surface area contributed by atoms with Crippen LogP contribution in [0.3, 0.4) is 0 Å². The van der Waals surface area contributed by atoms with Crippen molar-refractivity contribution in [3.05, 3.63) is 71.9 Å². The van der Waals surface area contributed by atoms with Gasteiger partial charge in [0.15, 0.2) is 0 Å². The maximum Gasteiger partial charge on any atom is 0.320 e. The van der Waals surface area contributed by atoms with Crippen molar-refractivity contribution in [2.45, 2.75) is 82.6 Å². The van der Waals surface area contributed by atoms with E-state index in [1.54, 1.807) is 11.8 Å². The summed E-state index contributed by atoms with van der Waals surface area (Å²) in [6.45, 7) is 4.61. The Morgan fingerprint density at radius 1 is 0.792 bits per heavy atom. The molecule has 0 radical (unpaired) electrons. The van der Waals surface area contributed by atoms with Gasteiger partial charge < -0.3 is 58.8 Å². The molecule has 1 fully saturated rings. The van der Waals surface area contributed by atoms with Crippen molar-refractivity contribution < 1.29 is 49.5 Å². The van der Waals surface area contributed by atoms with Crippen LogP contribution in [-0.4, -0.2) is 109 Å². The highest BCUT2D eigenvalue weighted by Crippen LogP contribution is 2.18. The van der Waals surface area contributed by atoms with Crippen molar-refractivity contribution in [3.8, 4) is 0 Å². The summed E-state index contributed by atoms with van der Waals surface area (Å²) in [4.78, 5) is 54.5. The third-order valence-electron chi connectivity index (χ3n) is 7.90. The molecule has 0 spiro atoms.